The lowest BCUT2D eigenvalue weighted by atomic mass is 10.1. The van der Waals surface area contributed by atoms with Gasteiger partial charge in [0.2, 0.25) is 0 Å². The van der Waals surface area contributed by atoms with E-state index in [4.69, 9.17) is 0 Å². The van der Waals surface area contributed by atoms with E-state index in [2.05, 4.69) is 15.9 Å². The Hall–Kier alpha value is 0.0300. The third-order valence-corrected chi connectivity index (χ3v) is 3.68. The molecule has 0 heterocycles. The fourth-order valence-electron chi connectivity index (χ4n) is 0.792. The minimum atomic E-state index is -0.477. The van der Waals surface area contributed by atoms with E-state index in [1.54, 1.807) is 0 Å². The van der Waals surface area contributed by atoms with Crippen molar-refractivity contribution in [2.45, 2.75) is 6.92 Å². The van der Waals surface area contributed by atoms with Crippen LogP contribution in [0.25, 0.3) is 0 Å². The van der Waals surface area contributed by atoms with Crippen molar-refractivity contribution in [1.82, 2.24) is 0 Å². The summed E-state index contributed by atoms with van der Waals surface area (Å²) >= 11 is 5.20. The molecule has 0 aliphatic rings. The zero-order valence-corrected chi connectivity index (χ0v) is 9.94. The Morgan fingerprint density at radius 1 is 1.58 bits per heavy atom. The fourth-order valence-corrected chi connectivity index (χ4v) is 1.57. The Kier molecular flexibility index (Phi) is 3.22. The molecular weight excluding hydrogens is 338 g/mol. The van der Waals surface area contributed by atoms with Crippen molar-refractivity contribution in [2.24, 2.45) is 0 Å². The molecular formula is C8H5BrFIO. The third kappa shape index (κ3) is 2.04. The van der Waals surface area contributed by atoms with Crippen molar-refractivity contribution in [3.8, 4) is 0 Å². The number of hydrogen-bond acceptors (Lipinski definition) is 1. The summed E-state index contributed by atoms with van der Waals surface area (Å²) in [6.45, 7) is 1.35. The maximum atomic E-state index is 13.0. The molecule has 64 valence electrons. The highest BCUT2D eigenvalue weighted by molar-refractivity contribution is 14.1. The Bertz CT molecular complexity index is 338. The van der Waals surface area contributed by atoms with Crippen LogP contribution in [0.15, 0.2) is 16.6 Å². The van der Waals surface area contributed by atoms with Gasteiger partial charge < -0.3 is 0 Å². The molecule has 1 aromatic carbocycles. The first-order valence-corrected chi connectivity index (χ1v) is 5.05. The predicted molar refractivity (Wildman–Crippen MR) is 56.8 cm³/mol. The summed E-state index contributed by atoms with van der Waals surface area (Å²) in [6, 6.07) is 2.83. The van der Waals surface area contributed by atoms with Gasteiger partial charge in [0.25, 0.3) is 0 Å². The zero-order chi connectivity index (χ0) is 9.30. The maximum Gasteiger partial charge on any atom is 0.162 e. The van der Waals surface area contributed by atoms with Gasteiger partial charge in [0.15, 0.2) is 5.78 Å². The van der Waals surface area contributed by atoms with Crippen LogP contribution >= 0.6 is 38.5 Å². The predicted octanol–water partition coefficient (Wildman–Crippen LogP) is 3.40. The molecule has 1 nitrogen and oxygen atoms in total. The van der Waals surface area contributed by atoms with E-state index in [0.29, 0.717) is 4.47 Å². The average Bonchev–Trinajstić information content (AvgIpc) is 1.96. The molecule has 0 aromatic heterocycles. The molecule has 0 N–H and O–H groups in total. The van der Waals surface area contributed by atoms with Gasteiger partial charge in [0.1, 0.15) is 5.82 Å². The molecule has 4 heteroatoms. The van der Waals surface area contributed by atoms with Gasteiger partial charge in [-0.25, -0.2) is 4.39 Å². The van der Waals surface area contributed by atoms with Crippen LogP contribution in [0.4, 0.5) is 4.39 Å². The van der Waals surface area contributed by atoms with Crippen molar-refractivity contribution < 1.29 is 9.18 Å². The smallest absolute Gasteiger partial charge is 0.162 e. The quantitative estimate of drug-likeness (QED) is 0.434. The SMILES string of the molecule is CC(=O)c1cc(I)c(Br)cc1F. The molecule has 0 saturated heterocycles. The highest BCUT2D eigenvalue weighted by Gasteiger charge is 2.09. The van der Waals surface area contributed by atoms with Gasteiger partial charge in [-0.1, -0.05) is 0 Å². The fraction of sp³-hybridized carbons (Fsp3) is 0.125. The second kappa shape index (κ2) is 3.83. The summed E-state index contributed by atoms with van der Waals surface area (Å²) in [5.74, 6) is -0.729. The molecule has 0 atom stereocenters. The van der Waals surface area contributed by atoms with E-state index < -0.39 is 5.82 Å². The lowest BCUT2D eigenvalue weighted by molar-refractivity contribution is 0.101. The van der Waals surface area contributed by atoms with Crippen LogP contribution in [0.3, 0.4) is 0 Å². The van der Waals surface area contributed by atoms with Crippen molar-refractivity contribution in [1.29, 1.82) is 0 Å². The van der Waals surface area contributed by atoms with E-state index >= 15 is 0 Å². The van der Waals surface area contributed by atoms with E-state index in [1.807, 2.05) is 22.6 Å². The highest BCUT2D eigenvalue weighted by atomic mass is 127. The lowest BCUT2D eigenvalue weighted by Crippen LogP contribution is -1.97. The van der Waals surface area contributed by atoms with Crippen molar-refractivity contribution >= 4 is 44.3 Å². The number of carbonyl (C=O) groups excluding carboxylic acids is 1. The van der Waals surface area contributed by atoms with Gasteiger partial charge in [-0.3, -0.25) is 4.79 Å². The van der Waals surface area contributed by atoms with Crippen LogP contribution in [0.2, 0.25) is 0 Å². The van der Waals surface area contributed by atoms with Gasteiger partial charge in [-0.05, 0) is 57.6 Å². The first-order chi connectivity index (χ1) is 5.52. The molecule has 0 aliphatic heterocycles. The van der Waals surface area contributed by atoms with E-state index in [1.165, 1.54) is 19.1 Å². The number of benzene rings is 1. The summed E-state index contributed by atoms with van der Waals surface area (Å²) in [4.78, 5) is 10.9. The normalized spacial score (nSPS) is 10.0. The largest absolute Gasteiger partial charge is 0.294 e. The second-order valence-corrected chi connectivity index (χ2v) is 4.32. The first kappa shape index (κ1) is 10.1. The van der Waals surface area contributed by atoms with E-state index in [0.717, 1.165) is 3.57 Å². The highest BCUT2D eigenvalue weighted by Crippen LogP contribution is 2.22. The number of ketones is 1. The molecule has 0 spiro atoms. The van der Waals surface area contributed by atoms with Crippen molar-refractivity contribution in [3.63, 3.8) is 0 Å². The molecule has 0 radical (unpaired) electrons. The standard InChI is InChI=1S/C8H5BrFIO/c1-4(12)5-2-8(11)6(9)3-7(5)10/h2-3H,1H3. The maximum absolute atomic E-state index is 13.0. The third-order valence-electron chi connectivity index (χ3n) is 1.39. The molecule has 12 heavy (non-hydrogen) atoms. The Morgan fingerprint density at radius 2 is 2.17 bits per heavy atom. The van der Waals surface area contributed by atoms with Crippen molar-refractivity contribution in [2.75, 3.05) is 0 Å². The number of Topliss-reactive ketones (excluding diaryl/α,β-unsaturated/α-hetero) is 1. The molecule has 0 saturated carbocycles. The minimum Gasteiger partial charge on any atom is -0.294 e. The van der Waals surface area contributed by atoms with Gasteiger partial charge in [-0.2, -0.15) is 0 Å². The molecule has 1 rings (SSSR count). The van der Waals surface area contributed by atoms with E-state index in [-0.39, 0.29) is 11.3 Å². The Morgan fingerprint density at radius 3 is 2.67 bits per heavy atom. The number of carbonyl (C=O) groups is 1. The topological polar surface area (TPSA) is 17.1 Å². The van der Waals surface area contributed by atoms with Crippen LogP contribution in [-0.2, 0) is 0 Å². The number of rotatable bonds is 1. The van der Waals surface area contributed by atoms with Crippen LogP contribution in [0.1, 0.15) is 17.3 Å². The van der Waals surface area contributed by atoms with Crippen LogP contribution in [0.5, 0.6) is 0 Å². The van der Waals surface area contributed by atoms with Gasteiger partial charge in [0, 0.05) is 8.04 Å². The summed E-state index contributed by atoms with van der Waals surface area (Å²) in [5.41, 5.74) is 0.141. The van der Waals surface area contributed by atoms with E-state index in [9.17, 15) is 9.18 Å². The lowest BCUT2D eigenvalue weighted by Gasteiger charge is -2.01. The van der Waals surface area contributed by atoms with Crippen LogP contribution in [-0.4, -0.2) is 5.78 Å². The summed E-state index contributed by atoms with van der Waals surface area (Å²) in [6.07, 6.45) is 0. The van der Waals surface area contributed by atoms with Crippen molar-refractivity contribution in [3.05, 3.63) is 31.6 Å². The second-order valence-electron chi connectivity index (χ2n) is 2.30. The minimum absolute atomic E-state index is 0.141. The molecule has 0 fully saturated rings. The summed E-state index contributed by atoms with van der Waals surface area (Å²) in [7, 11) is 0. The molecule has 1 aromatic rings. The van der Waals surface area contributed by atoms with Crippen LogP contribution in [0, 0.1) is 9.39 Å². The summed E-state index contributed by atoms with van der Waals surface area (Å²) < 4.78 is 14.5. The Balaban J connectivity index is 3.33. The van der Waals surface area contributed by atoms with Crippen LogP contribution < -0.4 is 0 Å². The number of hydrogen-bond donors (Lipinski definition) is 0. The zero-order valence-electron chi connectivity index (χ0n) is 6.20. The number of halogens is 3. The van der Waals surface area contributed by atoms with Gasteiger partial charge in [-0.15, -0.1) is 0 Å². The van der Waals surface area contributed by atoms with Gasteiger partial charge in [0.05, 0.1) is 5.56 Å². The monoisotopic (exact) mass is 342 g/mol. The average molecular weight is 343 g/mol. The molecule has 0 amide bonds. The summed E-state index contributed by atoms with van der Waals surface area (Å²) in [5, 5.41) is 0. The first-order valence-electron chi connectivity index (χ1n) is 3.18. The molecule has 0 aliphatic carbocycles. The molecule has 0 bridgehead atoms. The van der Waals surface area contributed by atoms with Gasteiger partial charge >= 0.3 is 0 Å². The molecule has 0 unspecified atom stereocenters. The Labute approximate surface area is 91.6 Å².